The number of hydrogen-bond acceptors (Lipinski definition) is 1. The maximum absolute atomic E-state index is 11.6. The summed E-state index contributed by atoms with van der Waals surface area (Å²) in [5.41, 5.74) is 3.77. The molecule has 1 heterocycles. The van der Waals surface area contributed by atoms with E-state index in [-0.39, 0.29) is 5.91 Å². The molecule has 0 radical (unpaired) electrons. The molecule has 1 aliphatic rings. The topological polar surface area (TPSA) is 20.3 Å². The zero-order chi connectivity index (χ0) is 13.3. The van der Waals surface area contributed by atoms with E-state index < -0.39 is 0 Å². The number of benzene rings is 1. The fourth-order valence-corrected chi connectivity index (χ4v) is 3.07. The lowest BCUT2D eigenvalue weighted by atomic mass is 10.0. The summed E-state index contributed by atoms with van der Waals surface area (Å²) in [5, 5.41) is 0. The van der Waals surface area contributed by atoms with Gasteiger partial charge in [-0.3, -0.25) is 4.79 Å². The van der Waals surface area contributed by atoms with Gasteiger partial charge in [-0.05, 0) is 43.4 Å². The van der Waals surface area contributed by atoms with Gasteiger partial charge in [0.2, 0.25) is 5.91 Å². The molecule has 0 bridgehead atoms. The van der Waals surface area contributed by atoms with Gasteiger partial charge < -0.3 is 4.90 Å². The van der Waals surface area contributed by atoms with E-state index >= 15 is 0 Å². The zero-order valence-electron chi connectivity index (χ0n) is 11.2. The van der Waals surface area contributed by atoms with Gasteiger partial charge in [-0.25, -0.2) is 0 Å². The summed E-state index contributed by atoms with van der Waals surface area (Å²) in [4.78, 5) is 14.1. The Bertz CT molecular complexity index is 458. The molecule has 0 saturated carbocycles. The molecule has 1 aromatic carbocycles. The normalized spacial score (nSPS) is 19.8. The third-order valence-electron chi connectivity index (χ3n) is 3.60. The maximum Gasteiger partial charge on any atom is 0.224 e. The third kappa shape index (κ3) is 2.61. The Morgan fingerprint density at radius 2 is 2.28 bits per heavy atom. The molecular weight excluding hydrogens is 290 g/mol. The van der Waals surface area contributed by atoms with E-state index in [9.17, 15) is 4.79 Å². The number of carbonyl (C=O) groups excluding carboxylic acids is 1. The van der Waals surface area contributed by atoms with Gasteiger partial charge in [0, 0.05) is 23.5 Å². The van der Waals surface area contributed by atoms with Crippen LogP contribution in [0.15, 0.2) is 18.2 Å². The van der Waals surface area contributed by atoms with Gasteiger partial charge in [-0.1, -0.05) is 35.0 Å². The fourth-order valence-electron chi connectivity index (χ4n) is 2.69. The van der Waals surface area contributed by atoms with Crippen LogP contribution >= 0.6 is 15.9 Å². The molecule has 0 aliphatic carbocycles. The minimum Gasteiger partial charge on any atom is -0.309 e. The molecule has 98 valence electrons. The van der Waals surface area contributed by atoms with E-state index in [1.165, 1.54) is 11.1 Å². The lowest BCUT2D eigenvalue weighted by Gasteiger charge is -2.20. The Hall–Kier alpha value is -0.830. The third-order valence-corrected chi connectivity index (χ3v) is 4.57. The highest BCUT2D eigenvalue weighted by atomic mass is 79.9. The van der Waals surface area contributed by atoms with Gasteiger partial charge in [-0.15, -0.1) is 0 Å². The minimum atomic E-state index is 0.140. The van der Waals surface area contributed by atoms with Crippen molar-refractivity contribution in [2.75, 3.05) is 4.90 Å². The molecule has 2 nitrogen and oxygen atoms in total. The summed E-state index contributed by atoms with van der Waals surface area (Å²) in [6.45, 7) is 5.94. The number of alkyl halides is 1. The van der Waals surface area contributed by atoms with Crippen LogP contribution in [0.5, 0.6) is 0 Å². The Morgan fingerprint density at radius 1 is 1.56 bits per heavy atom. The molecule has 0 saturated heterocycles. The highest BCUT2D eigenvalue weighted by Gasteiger charge is 2.28. The van der Waals surface area contributed by atoms with Crippen molar-refractivity contribution in [1.29, 1.82) is 0 Å². The van der Waals surface area contributed by atoms with Crippen molar-refractivity contribution < 1.29 is 4.79 Å². The fraction of sp³-hybridized carbons (Fsp3) is 0.533. The number of nitrogens with zero attached hydrogens (tertiary/aromatic N) is 1. The van der Waals surface area contributed by atoms with E-state index in [1.54, 1.807) is 6.92 Å². The maximum atomic E-state index is 11.6. The molecule has 1 aromatic rings. The highest BCUT2D eigenvalue weighted by molar-refractivity contribution is 9.09. The van der Waals surface area contributed by atoms with E-state index in [0.717, 1.165) is 24.9 Å². The van der Waals surface area contributed by atoms with Crippen LogP contribution in [-0.4, -0.2) is 16.8 Å². The van der Waals surface area contributed by atoms with Crippen LogP contribution in [0.3, 0.4) is 0 Å². The van der Waals surface area contributed by atoms with Crippen molar-refractivity contribution >= 4 is 27.5 Å². The van der Waals surface area contributed by atoms with Gasteiger partial charge in [0.1, 0.15) is 0 Å². The molecule has 2 atom stereocenters. The van der Waals surface area contributed by atoms with Crippen molar-refractivity contribution in [1.82, 2.24) is 0 Å². The summed E-state index contributed by atoms with van der Waals surface area (Å²) in [6, 6.07) is 6.80. The molecular formula is C15H20BrNO. The minimum absolute atomic E-state index is 0.140. The largest absolute Gasteiger partial charge is 0.309 e. The Labute approximate surface area is 117 Å². The second-order valence-corrected chi connectivity index (χ2v) is 6.41. The first-order chi connectivity index (χ1) is 8.52. The van der Waals surface area contributed by atoms with E-state index in [1.807, 2.05) is 4.90 Å². The average molecular weight is 310 g/mol. The van der Waals surface area contributed by atoms with E-state index in [0.29, 0.717) is 10.9 Å². The Morgan fingerprint density at radius 3 is 2.89 bits per heavy atom. The van der Waals surface area contributed by atoms with Crippen LogP contribution in [0.4, 0.5) is 5.69 Å². The van der Waals surface area contributed by atoms with Crippen molar-refractivity contribution in [3.05, 3.63) is 29.3 Å². The van der Waals surface area contributed by atoms with Crippen LogP contribution in [0.25, 0.3) is 0 Å². The molecule has 0 spiro atoms. The molecule has 0 aromatic heterocycles. The van der Waals surface area contributed by atoms with Crippen LogP contribution in [0, 0.1) is 0 Å². The Balaban J connectivity index is 2.25. The molecule has 2 unspecified atom stereocenters. The molecule has 3 heteroatoms. The summed E-state index contributed by atoms with van der Waals surface area (Å²) in [7, 11) is 0. The van der Waals surface area contributed by atoms with E-state index in [2.05, 4.69) is 48.0 Å². The van der Waals surface area contributed by atoms with Crippen LogP contribution < -0.4 is 4.90 Å². The van der Waals surface area contributed by atoms with Crippen molar-refractivity contribution in [2.24, 2.45) is 0 Å². The van der Waals surface area contributed by atoms with Gasteiger partial charge in [0.05, 0.1) is 0 Å². The summed E-state index contributed by atoms with van der Waals surface area (Å²) < 4.78 is 0. The number of amides is 1. The van der Waals surface area contributed by atoms with Crippen LogP contribution in [-0.2, 0) is 17.6 Å². The zero-order valence-corrected chi connectivity index (χ0v) is 12.8. The summed E-state index contributed by atoms with van der Waals surface area (Å²) in [6.07, 6.45) is 3.16. The molecule has 1 aliphatic heterocycles. The van der Waals surface area contributed by atoms with Crippen molar-refractivity contribution in [2.45, 2.75) is 50.9 Å². The lowest BCUT2D eigenvalue weighted by molar-refractivity contribution is -0.116. The number of halogens is 1. The SMILES string of the molecule is CCC(Br)Cc1ccc2c(c1)CC(C)N2C(C)=O. The second-order valence-electron chi connectivity index (χ2n) is 5.11. The molecule has 1 amide bonds. The number of carbonyl (C=O) groups is 1. The molecule has 0 fully saturated rings. The predicted octanol–water partition coefficient (Wildman–Crippen LogP) is 3.70. The first-order valence-corrected chi connectivity index (χ1v) is 7.50. The van der Waals surface area contributed by atoms with Crippen LogP contribution in [0.2, 0.25) is 0 Å². The standard InChI is InChI=1S/C15H20BrNO/c1-4-14(16)9-12-5-6-15-13(8-12)7-10(2)17(15)11(3)18/h5-6,8,10,14H,4,7,9H2,1-3H3. The Kier molecular flexibility index (Phi) is 4.10. The predicted molar refractivity (Wildman–Crippen MR) is 79.5 cm³/mol. The first-order valence-electron chi connectivity index (χ1n) is 6.58. The van der Waals surface area contributed by atoms with Crippen LogP contribution in [0.1, 0.15) is 38.3 Å². The monoisotopic (exact) mass is 309 g/mol. The summed E-state index contributed by atoms with van der Waals surface area (Å²) >= 11 is 3.68. The number of fused-ring (bicyclic) bond motifs is 1. The molecule has 2 rings (SSSR count). The number of anilines is 1. The van der Waals surface area contributed by atoms with Gasteiger partial charge in [-0.2, -0.15) is 0 Å². The van der Waals surface area contributed by atoms with Crippen molar-refractivity contribution in [3.63, 3.8) is 0 Å². The number of rotatable bonds is 3. The van der Waals surface area contributed by atoms with Gasteiger partial charge in [0.15, 0.2) is 0 Å². The smallest absolute Gasteiger partial charge is 0.224 e. The van der Waals surface area contributed by atoms with Crippen molar-refractivity contribution in [3.8, 4) is 0 Å². The second kappa shape index (κ2) is 5.43. The highest BCUT2D eigenvalue weighted by Crippen LogP contribution is 2.33. The number of hydrogen-bond donors (Lipinski definition) is 0. The quantitative estimate of drug-likeness (QED) is 0.780. The lowest BCUT2D eigenvalue weighted by Crippen LogP contribution is -2.33. The molecule has 18 heavy (non-hydrogen) atoms. The summed E-state index contributed by atoms with van der Waals surface area (Å²) in [5.74, 6) is 0.140. The van der Waals surface area contributed by atoms with Gasteiger partial charge in [0.25, 0.3) is 0 Å². The first kappa shape index (κ1) is 13.6. The molecule has 0 N–H and O–H groups in total. The average Bonchev–Trinajstić information content (AvgIpc) is 2.64. The van der Waals surface area contributed by atoms with E-state index in [4.69, 9.17) is 0 Å². The van der Waals surface area contributed by atoms with Gasteiger partial charge >= 0.3 is 0 Å².